The van der Waals surface area contributed by atoms with Gasteiger partial charge in [-0.15, -0.1) is 0 Å². The topological polar surface area (TPSA) is 87.5 Å². The zero-order valence-corrected chi connectivity index (χ0v) is 21.0. The molecule has 2 bridgehead atoms. The summed E-state index contributed by atoms with van der Waals surface area (Å²) in [5.41, 5.74) is 13.4. The molecule has 190 valence electrons. The number of anilines is 1. The Balaban J connectivity index is 1.04. The highest BCUT2D eigenvalue weighted by Gasteiger charge is 2.42. The van der Waals surface area contributed by atoms with Crippen LogP contribution in [0.3, 0.4) is 0 Å². The third-order valence-corrected chi connectivity index (χ3v) is 8.53. The van der Waals surface area contributed by atoms with Gasteiger partial charge in [-0.05, 0) is 65.1 Å². The summed E-state index contributed by atoms with van der Waals surface area (Å²) in [5, 5.41) is 6.16. The molecule has 3 aliphatic carbocycles. The van der Waals surface area contributed by atoms with Gasteiger partial charge < -0.3 is 21.3 Å². The highest BCUT2D eigenvalue weighted by atomic mass is 16.2. The van der Waals surface area contributed by atoms with Crippen molar-refractivity contribution in [2.45, 2.75) is 37.6 Å². The van der Waals surface area contributed by atoms with Crippen LogP contribution in [0.15, 0.2) is 72.8 Å². The highest BCUT2D eigenvalue weighted by molar-refractivity contribution is 5.77. The van der Waals surface area contributed by atoms with Crippen LogP contribution >= 0.6 is 0 Å². The van der Waals surface area contributed by atoms with E-state index in [1.165, 1.54) is 22.3 Å². The van der Waals surface area contributed by atoms with Crippen LogP contribution in [0.1, 0.15) is 58.9 Å². The lowest BCUT2D eigenvalue weighted by molar-refractivity contribution is -0.122. The second-order valence-corrected chi connectivity index (χ2v) is 10.7. The maximum absolute atomic E-state index is 12.7. The number of primary amides is 1. The summed E-state index contributed by atoms with van der Waals surface area (Å²) in [6.45, 7) is 2.73. The number of amides is 3. The standard InChI is InChI=1S/C31H34N4O2/c32-30(36)21-6-5-15-35(19-21)23-13-11-20(12-14-23)17-33-31(37)34-18-22-16-28-24-7-1-3-9-26(24)29(22)27-10-4-2-8-25(27)28/h1-4,7-14,21-22,28-29H,5-6,15-19H2,(H2,32,36)(H2,33,34,37). The average Bonchev–Trinajstić information content (AvgIpc) is 2.95. The van der Waals surface area contributed by atoms with Gasteiger partial charge in [-0.3, -0.25) is 4.79 Å². The predicted molar refractivity (Wildman–Crippen MR) is 145 cm³/mol. The molecular formula is C31H34N4O2. The second kappa shape index (κ2) is 9.92. The van der Waals surface area contributed by atoms with E-state index in [1.54, 1.807) is 0 Å². The Labute approximate surface area is 218 Å². The number of piperidine rings is 1. The summed E-state index contributed by atoms with van der Waals surface area (Å²) in [7, 11) is 0. The molecule has 1 fully saturated rings. The third kappa shape index (κ3) is 4.57. The molecule has 1 aliphatic heterocycles. The van der Waals surface area contributed by atoms with Crippen molar-refractivity contribution in [2.75, 3.05) is 24.5 Å². The molecular weight excluding hydrogens is 460 g/mol. The predicted octanol–water partition coefficient (Wildman–Crippen LogP) is 4.48. The number of nitrogens with two attached hydrogens (primary N) is 1. The van der Waals surface area contributed by atoms with E-state index >= 15 is 0 Å². The SMILES string of the molecule is NC(=O)C1CCCN(c2ccc(CNC(=O)NCC3CC4c5ccccc5C3c3ccccc34)cc2)C1. The lowest BCUT2D eigenvalue weighted by Gasteiger charge is -2.45. The van der Waals surface area contributed by atoms with E-state index < -0.39 is 0 Å². The van der Waals surface area contributed by atoms with E-state index in [1.807, 2.05) is 12.1 Å². The molecule has 6 nitrogen and oxygen atoms in total. The molecule has 2 unspecified atom stereocenters. The first-order chi connectivity index (χ1) is 18.1. The van der Waals surface area contributed by atoms with Crippen LogP contribution in [0.2, 0.25) is 0 Å². The summed E-state index contributed by atoms with van der Waals surface area (Å²) < 4.78 is 0. The van der Waals surface area contributed by atoms with E-state index in [4.69, 9.17) is 5.73 Å². The number of benzene rings is 3. The molecule has 1 saturated heterocycles. The van der Waals surface area contributed by atoms with Crippen LogP contribution in [-0.2, 0) is 11.3 Å². The molecule has 2 atom stereocenters. The fraction of sp³-hybridized carbons (Fsp3) is 0.355. The van der Waals surface area contributed by atoms with Crippen LogP contribution < -0.4 is 21.3 Å². The fourth-order valence-electron chi connectivity index (χ4n) is 6.70. The van der Waals surface area contributed by atoms with Crippen molar-refractivity contribution >= 4 is 17.6 Å². The minimum absolute atomic E-state index is 0.0832. The first-order valence-corrected chi connectivity index (χ1v) is 13.4. The first-order valence-electron chi connectivity index (χ1n) is 13.4. The summed E-state index contributed by atoms with van der Waals surface area (Å²) in [4.78, 5) is 26.5. The Bertz CT molecular complexity index is 1260. The maximum Gasteiger partial charge on any atom is 0.315 e. The Morgan fingerprint density at radius 1 is 0.865 bits per heavy atom. The van der Waals surface area contributed by atoms with Gasteiger partial charge in [-0.2, -0.15) is 0 Å². The van der Waals surface area contributed by atoms with Crippen LogP contribution in [-0.4, -0.2) is 31.6 Å². The van der Waals surface area contributed by atoms with Gasteiger partial charge in [-0.1, -0.05) is 60.7 Å². The number of carbonyl (C=O) groups is 2. The van der Waals surface area contributed by atoms with Gasteiger partial charge in [0, 0.05) is 43.7 Å². The summed E-state index contributed by atoms with van der Waals surface area (Å²) in [5.74, 6) is 0.817. The van der Waals surface area contributed by atoms with Gasteiger partial charge >= 0.3 is 6.03 Å². The Morgan fingerprint density at radius 3 is 2.16 bits per heavy atom. The molecule has 3 aromatic rings. The lowest BCUT2D eigenvalue weighted by Crippen LogP contribution is -2.42. The smallest absolute Gasteiger partial charge is 0.315 e. The molecule has 1 heterocycles. The van der Waals surface area contributed by atoms with Crippen molar-refractivity contribution in [3.63, 3.8) is 0 Å². The van der Waals surface area contributed by atoms with E-state index in [-0.39, 0.29) is 17.9 Å². The number of nitrogens with one attached hydrogen (secondary N) is 2. The Hall–Kier alpha value is -3.80. The summed E-state index contributed by atoms with van der Waals surface area (Å²) >= 11 is 0. The number of rotatable bonds is 6. The van der Waals surface area contributed by atoms with Crippen LogP contribution in [0.5, 0.6) is 0 Å². The largest absolute Gasteiger partial charge is 0.371 e. The monoisotopic (exact) mass is 494 g/mol. The Morgan fingerprint density at radius 2 is 1.51 bits per heavy atom. The van der Waals surface area contributed by atoms with Gasteiger partial charge in [0.2, 0.25) is 5.91 Å². The van der Waals surface area contributed by atoms with Gasteiger partial charge in [0.1, 0.15) is 0 Å². The quantitative estimate of drug-likeness (QED) is 0.472. The number of nitrogens with zero attached hydrogens (tertiary/aromatic N) is 1. The molecule has 3 amide bonds. The van der Waals surface area contributed by atoms with E-state index in [0.717, 1.165) is 37.1 Å². The van der Waals surface area contributed by atoms with E-state index in [2.05, 4.69) is 76.2 Å². The van der Waals surface area contributed by atoms with Gasteiger partial charge in [-0.25, -0.2) is 4.79 Å². The molecule has 37 heavy (non-hydrogen) atoms. The number of carbonyl (C=O) groups excluding carboxylic acids is 2. The van der Waals surface area contributed by atoms with Crippen molar-refractivity contribution in [2.24, 2.45) is 17.6 Å². The second-order valence-electron chi connectivity index (χ2n) is 10.7. The molecule has 0 aromatic heterocycles. The normalized spacial score (nSPS) is 23.6. The zero-order chi connectivity index (χ0) is 25.4. The molecule has 0 radical (unpaired) electrons. The van der Waals surface area contributed by atoms with Crippen LogP contribution in [0.4, 0.5) is 10.5 Å². The van der Waals surface area contributed by atoms with Gasteiger partial charge in [0.15, 0.2) is 0 Å². The van der Waals surface area contributed by atoms with E-state index in [9.17, 15) is 9.59 Å². The molecule has 7 rings (SSSR count). The molecule has 6 heteroatoms. The zero-order valence-electron chi connectivity index (χ0n) is 21.0. The van der Waals surface area contributed by atoms with Crippen molar-refractivity contribution in [1.82, 2.24) is 10.6 Å². The van der Waals surface area contributed by atoms with Gasteiger partial charge in [0.25, 0.3) is 0 Å². The third-order valence-electron chi connectivity index (χ3n) is 8.53. The summed E-state index contributed by atoms with van der Waals surface area (Å²) in [6, 6.07) is 25.7. The molecule has 4 N–H and O–H groups in total. The van der Waals surface area contributed by atoms with Crippen molar-refractivity contribution in [1.29, 1.82) is 0 Å². The molecule has 0 spiro atoms. The van der Waals surface area contributed by atoms with Crippen molar-refractivity contribution in [3.8, 4) is 0 Å². The minimum Gasteiger partial charge on any atom is -0.371 e. The molecule has 0 saturated carbocycles. The minimum atomic E-state index is -0.217. The Kier molecular flexibility index (Phi) is 6.33. The number of urea groups is 1. The van der Waals surface area contributed by atoms with Crippen molar-refractivity contribution in [3.05, 3.63) is 101 Å². The molecule has 3 aromatic carbocycles. The maximum atomic E-state index is 12.7. The number of hydrogen-bond acceptors (Lipinski definition) is 3. The number of fused-ring (bicyclic) bond motifs is 1. The summed E-state index contributed by atoms with van der Waals surface area (Å²) in [6.07, 6.45) is 2.90. The lowest BCUT2D eigenvalue weighted by atomic mass is 9.59. The number of hydrogen-bond donors (Lipinski definition) is 3. The van der Waals surface area contributed by atoms with Crippen LogP contribution in [0, 0.1) is 11.8 Å². The average molecular weight is 495 g/mol. The first kappa shape index (κ1) is 23.6. The van der Waals surface area contributed by atoms with Crippen LogP contribution in [0.25, 0.3) is 0 Å². The highest BCUT2D eigenvalue weighted by Crippen LogP contribution is 2.55. The van der Waals surface area contributed by atoms with E-state index in [0.29, 0.717) is 37.4 Å². The molecule has 4 aliphatic rings. The van der Waals surface area contributed by atoms with Crippen molar-refractivity contribution < 1.29 is 9.59 Å². The fourth-order valence-corrected chi connectivity index (χ4v) is 6.70. The van der Waals surface area contributed by atoms with Gasteiger partial charge in [0.05, 0.1) is 5.92 Å².